The van der Waals surface area contributed by atoms with E-state index in [0.717, 1.165) is 0 Å². The molecule has 0 saturated carbocycles. The van der Waals surface area contributed by atoms with E-state index in [0.29, 0.717) is 16.9 Å². The second-order valence-corrected chi connectivity index (χ2v) is 5.34. The zero-order chi connectivity index (χ0) is 15.9. The van der Waals surface area contributed by atoms with Crippen molar-refractivity contribution in [2.75, 3.05) is 0 Å². The average Bonchev–Trinajstić information content (AvgIpc) is 2.57. The van der Waals surface area contributed by atoms with Gasteiger partial charge in [0.25, 0.3) is 0 Å². The minimum Gasteiger partial charge on any atom is -0.508 e. The van der Waals surface area contributed by atoms with Crippen LogP contribution in [0.2, 0.25) is 0 Å². The molecule has 116 valence electrons. The van der Waals surface area contributed by atoms with E-state index < -0.39 is 18.3 Å². The molecule has 3 rings (SSSR count). The summed E-state index contributed by atoms with van der Waals surface area (Å²) in [4.78, 5) is 0. The number of aliphatic hydroxyl groups is 3. The zero-order valence-electron chi connectivity index (χ0n) is 11.5. The van der Waals surface area contributed by atoms with Crippen LogP contribution >= 0.6 is 0 Å². The lowest BCUT2D eigenvalue weighted by molar-refractivity contribution is -0.0223. The normalized spacial score (nSPS) is 27.7. The molecule has 1 heterocycles. The van der Waals surface area contributed by atoms with Gasteiger partial charge in [0.15, 0.2) is 11.5 Å². The number of phenolic OH excluding ortho intramolecular Hbond substituents is 2. The highest BCUT2D eigenvalue weighted by atomic mass is 16.5. The van der Waals surface area contributed by atoms with E-state index in [1.54, 1.807) is 6.07 Å². The third-order valence-electron chi connectivity index (χ3n) is 3.67. The van der Waals surface area contributed by atoms with Crippen LogP contribution < -0.4 is 0 Å². The molecule has 5 N–H and O–H groups in total. The van der Waals surface area contributed by atoms with Crippen LogP contribution in [0.5, 0.6) is 11.5 Å². The van der Waals surface area contributed by atoms with E-state index in [4.69, 9.17) is 4.74 Å². The van der Waals surface area contributed by atoms with Gasteiger partial charge in [0, 0.05) is 12.5 Å². The zero-order valence-corrected chi connectivity index (χ0v) is 11.5. The van der Waals surface area contributed by atoms with Crippen LogP contribution in [0.1, 0.15) is 18.1 Å². The molecule has 3 unspecified atom stereocenters. The van der Waals surface area contributed by atoms with Crippen LogP contribution in [0.4, 0.5) is 0 Å². The lowest BCUT2D eigenvalue weighted by atomic mass is 9.93. The first-order chi connectivity index (χ1) is 10.4. The fraction of sp³-hybridized carbons (Fsp3) is 0.250. The van der Waals surface area contributed by atoms with Crippen molar-refractivity contribution in [3.63, 3.8) is 0 Å². The van der Waals surface area contributed by atoms with Crippen LogP contribution in [0.3, 0.4) is 0 Å². The Labute approximate surface area is 126 Å². The quantitative estimate of drug-likeness (QED) is 0.503. The van der Waals surface area contributed by atoms with Crippen molar-refractivity contribution in [1.29, 1.82) is 0 Å². The lowest BCUT2D eigenvalue weighted by Gasteiger charge is -2.32. The second-order valence-electron chi connectivity index (χ2n) is 5.34. The van der Waals surface area contributed by atoms with Gasteiger partial charge in [-0.3, -0.25) is 0 Å². The summed E-state index contributed by atoms with van der Waals surface area (Å²) in [6, 6.07) is 4.17. The first-order valence-corrected chi connectivity index (χ1v) is 6.82. The average molecular weight is 304 g/mol. The number of phenols is 2. The van der Waals surface area contributed by atoms with Gasteiger partial charge >= 0.3 is 0 Å². The molecule has 0 bridgehead atoms. The van der Waals surface area contributed by atoms with Gasteiger partial charge in [-0.15, -0.1) is 0 Å². The Morgan fingerprint density at radius 3 is 2.50 bits per heavy atom. The van der Waals surface area contributed by atoms with Crippen molar-refractivity contribution in [3.8, 4) is 11.5 Å². The van der Waals surface area contributed by atoms with E-state index in [1.807, 2.05) is 0 Å². The van der Waals surface area contributed by atoms with Gasteiger partial charge < -0.3 is 30.3 Å². The Balaban J connectivity index is 1.94. The van der Waals surface area contributed by atoms with Crippen LogP contribution in [-0.2, 0) is 4.74 Å². The van der Waals surface area contributed by atoms with Crippen molar-refractivity contribution in [1.82, 2.24) is 0 Å². The molecule has 2 aliphatic rings. The summed E-state index contributed by atoms with van der Waals surface area (Å²) in [5, 5.41) is 48.6. The highest BCUT2D eigenvalue weighted by molar-refractivity contribution is 5.44. The molecular formula is C16H16O6. The van der Waals surface area contributed by atoms with E-state index in [-0.39, 0.29) is 23.7 Å². The Morgan fingerprint density at radius 1 is 1.00 bits per heavy atom. The van der Waals surface area contributed by atoms with Gasteiger partial charge in [0.1, 0.15) is 17.6 Å². The molecule has 1 aromatic carbocycles. The molecule has 0 amide bonds. The number of fused-ring (bicyclic) bond motifs is 1. The predicted octanol–water partition coefficient (Wildman–Crippen LogP) is 1.55. The minimum absolute atomic E-state index is 0.127. The Hall–Kier alpha value is -2.44. The lowest BCUT2D eigenvalue weighted by Crippen LogP contribution is -2.27. The minimum atomic E-state index is -0.950. The molecule has 6 heteroatoms. The number of aromatic hydroxyl groups is 2. The summed E-state index contributed by atoms with van der Waals surface area (Å²) in [5.74, 6) is -0.333. The maximum atomic E-state index is 10.3. The summed E-state index contributed by atoms with van der Waals surface area (Å²) >= 11 is 0. The number of ether oxygens (including phenoxy) is 1. The number of aliphatic hydroxyl groups excluding tert-OH is 3. The highest BCUT2D eigenvalue weighted by Gasteiger charge is 2.33. The number of benzene rings is 1. The molecule has 0 spiro atoms. The summed E-state index contributed by atoms with van der Waals surface area (Å²) in [6.07, 6.45) is 1.78. The van der Waals surface area contributed by atoms with Crippen molar-refractivity contribution >= 4 is 0 Å². The number of rotatable bonds is 1. The van der Waals surface area contributed by atoms with E-state index in [2.05, 4.69) is 0 Å². The van der Waals surface area contributed by atoms with Gasteiger partial charge in [0.05, 0.1) is 12.2 Å². The van der Waals surface area contributed by atoms with Crippen molar-refractivity contribution in [3.05, 3.63) is 59.1 Å². The standard InChI is InChI=1S/C16H16O6/c17-10-3-9-5-14(21)16(22-15(9)7-11(18)6-10)8-1-2-12(19)13(20)4-8/h1-4,6-7,10,14,16-21H,5H2. The first kappa shape index (κ1) is 14.5. The van der Waals surface area contributed by atoms with Gasteiger partial charge in [-0.1, -0.05) is 6.07 Å². The largest absolute Gasteiger partial charge is 0.508 e. The third kappa shape index (κ3) is 2.66. The van der Waals surface area contributed by atoms with E-state index in [9.17, 15) is 25.5 Å². The second kappa shape index (κ2) is 5.40. The Morgan fingerprint density at radius 2 is 1.77 bits per heavy atom. The molecule has 0 radical (unpaired) electrons. The van der Waals surface area contributed by atoms with Crippen molar-refractivity contribution in [2.45, 2.75) is 24.7 Å². The molecule has 0 aromatic heterocycles. The molecule has 3 atom stereocenters. The molecule has 1 aromatic rings. The third-order valence-corrected chi connectivity index (χ3v) is 3.67. The SMILES string of the molecule is OC1=CC(O)C=C2CC(O)C(c3ccc(O)c(O)c3)OC2=C1. The van der Waals surface area contributed by atoms with Gasteiger partial charge in [-0.2, -0.15) is 0 Å². The maximum absolute atomic E-state index is 10.3. The molecule has 22 heavy (non-hydrogen) atoms. The fourth-order valence-corrected chi connectivity index (χ4v) is 2.62. The smallest absolute Gasteiger partial charge is 0.157 e. The Bertz CT molecular complexity index is 688. The predicted molar refractivity (Wildman–Crippen MR) is 77.1 cm³/mol. The topological polar surface area (TPSA) is 110 Å². The van der Waals surface area contributed by atoms with Crippen molar-refractivity contribution < 1.29 is 30.3 Å². The summed E-state index contributed by atoms with van der Waals surface area (Å²) in [7, 11) is 0. The summed E-state index contributed by atoms with van der Waals surface area (Å²) < 4.78 is 5.72. The molecule has 1 saturated heterocycles. The number of hydrogen-bond acceptors (Lipinski definition) is 6. The van der Waals surface area contributed by atoms with Crippen LogP contribution in [0.25, 0.3) is 0 Å². The summed E-state index contributed by atoms with van der Waals surface area (Å²) in [6.45, 7) is 0. The first-order valence-electron chi connectivity index (χ1n) is 6.82. The van der Waals surface area contributed by atoms with Crippen molar-refractivity contribution in [2.24, 2.45) is 0 Å². The van der Waals surface area contributed by atoms with Gasteiger partial charge in [-0.25, -0.2) is 0 Å². The molecule has 1 aliphatic heterocycles. The van der Waals surface area contributed by atoms with Crippen LogP contribution in [0, 0.1) is 0 Å². The molecule has 1 fully saturated rings. The maximum Gasteiger partial charge on any atom is 0.157 e. The summed E-state index contributed by atoms with van der Waals surface area (Å²) in [5.41, 5.74) is 1.09. The molecule has 6 nitrogen and oxygen atoms in total. The number of hydrogen-bond donors (Lipinski definition) is 5. The van der Waals surface area contributed by atoms with E-state index >= 15 is 0 Å². The highest BCUT2D eigenvalue weighted by Crippen LogP contribution is 2.40. The number of allylic oxidation sites excluding steroid dienone is 2. The van der Waals surface area contributed by atoms with Crippen LogP contribution in [0.15, 0.2) is 53.5 Å². The Kier molecular flexibility index (Phi) is 3.56. The van der Waals surface area contributed by atoms with Gasteiger partial charge in [-0.05, 0) is 35.4 Å². The fourth-order valence-electron chi connectivity index (χ4n) is 2.62. The van der Waals surface area contributed by atoms with Gasteiger partial charge in [0.2, 0.25) is 0 Å². The van der Waals surface area contributed by atoms with Crippen LogP contribution in [-0.4, -0.2) is 37.7 Å². The van der Waals surface area contributed by atoms with E-state index in [1.165, 1.54) is 30.4 Å². The monoisotopic (exact) mass is 304 g/mol. The molecular weight excluding hydrogens is 288 g/mol. The molecule has 1 aliphatic carbocycles.